The second kappa shape index (κ2) is 6.53. The standard InChI is InChI=1S/C16H9NO9S/c18-13-9-3-1-7(15(20)21)5-11(9)12-6-8(16(22)23)2-4-10(12)14(19)17(13)26-27(24)25/h1-6,27H,(H,20,21)(H,22,23). The van der Waals surface area contributed by atoms with Gasteiger partial charge in [-0.05, 0) is 47.2 Å². The van der Waals surface area contributed by atoms with E-state index in [4.69, 9.17) is 0 Å². The molecule has 2 N–H and O–H groups in total. The molecule has 0 bridgehead atoms. The number of carboxylic acids is 2. The minimum atomic E-state index is -3.60. The first-order valence-corrected chi connectivity index (χ1v) is 8.26. The molecule has 0 unspecified atom stereocenters. The molecule has 0 aliphatic heterocycles. The number of carbonyl (C=O) groups is 2. The van der Waals surface area contributed by atoms with Crippen molar-refractivity contribution in [1.82, 2.24) is 4.73 Å². The molecular weight excluding hydrogens is 382 g/mol. The van der Waals surface area contributed by atoms with Gasteiger partial charge in [-0.3, -0.25) is 13.9 Å². The van der Waals surface area contributed by atoms with Crippen molar-refractivity contribution in [2.45, 2.75) is 0 Å². The molecule has 3 aromatic rings. The summed E-state index contributed by atoms with van der Waals surface area (Å²) in [5.41, 5.74) is -2.71. The molecule has 0 spiro atoms. The Bertz CT molecular complexity index is 1240. The van der Waals surface area contributed by atoms with Gasteiger partial charge in [-0.25, -0.2) is 9.59 Å². The van der Waals surface area contributed by atoms with Crippen LogP contribution >= 0.6 is 0 Å². The summed E-state index contributed by atoms with van der Waals surface area (Å²) in [5.74, 6) is -2.62. The fourth-order valence-electron chi connectivity index (χ4n) is 2.63. The summed E-state index contributed by atoms with van der Waals surface area (Å²) in [6.07, 6.45) is 0. The van der Waals surface area contributed by atoms with E-state index >= 15 is 0 Å². The van der Waals surface area contributed by atoms with Gasteiger partial charge in [-0.1, -0.05) is 4.73 Å². The third-order valence-electron chi connectivity index (χ3n) is 3.80. The van der Waals surface area contributed by atoms with Crippen LogP contribution in [-0.4, -0.2) is 35.3 Å². The zero-order valence-electron chi connectivity index (χ0n) is 13.1. The minimum absolute atomic E-state index is 0.0251. The zero-order chi connectivity index (χ0) is 19.9. The summed E-state index contributed by atoms with van der Waals surface area (Å²) in [4.78, 5) is 47.7. The quantitative estimate of drug-likeness (QED) is 0.515. The van der Waals surface area contributed by atoms with Gasteiger partial charge >= 0.3 is 22.9 Å². The molecule has 1 aromatic heterocycles. The molecule has 0 saturated carbocycles. The van der Waals surface area contributed by atoms with Crippen molar-refractivity contribution >= 4 is 44.5 Å². The molecule has 0 aliphatic rings. The highest BCUT2D eigenvalue weighted by Gasteiger charge is 2.16. The Kier molecular flexibility index (Phi) is 4.37. The van der Waals surface area contributed by atoms with Gasteiger partial charge in [0.2, 0.25) is 0 Å². The Morgan fingerprint density at radius 1 is 0.778 bits per heavy atom. The van der Waals surface area contributed by atoms with Gasteiger partial charge in [-0.15, -0.1) is 0 Å². The number of thiol groups is 1. The lowest BCUT2D eigenvalue weighted by molar-refractivity contribution is 0.0686. The molecule has 27 heavy (non-hydrogen) atoms. The fourth-order valence-corrected chi connectivity index (χ4v) is 2.91. The molecule has 0 saturated heterocycles. The summed E-state index contributed by atoms with van der Waals surface area (Å²) >= 11 is 0. The topological polar surface area (TPSA) is 157 Å². The van der Waals surface area contributed by atoms with Crippen molar-refractivity contribution in [2.75, 3.05) is 0 Å². The first-order valence-electron chi connectivity index (χ1n) is 7.17. The van der Waals surface area contributed by atoms with Crippen molar-refractivity contribution in [3.8, 4) is 0 Å². The molecule has 0 aliphatic carbocycles. The van der Waals surface area contributed by atoms with Crippen LogP contribution < -0.4 is 15.4 Å². The van der Waals surface area contributed by atoms with E-state index in [0.29, 0.717) is 0 Å². The molecule has 3 rings (SSSR count). The van der Waals surface area contributed by atoms with E-state index in [2.05, 4.69) is 4.28 Å². The molecule has 10 nitrogen and oxygen atoms in total. The van der Waals surface area contributed by atoms with Crippen LogP contribution in [0, 0.1) is 0 Å². The lowest BCUT2D eigenvalue weighted by Gasteiger charge is -2.01. The van der Waals surface area contributed by atoms with Crippen LogP contribution in [0.15, 0.2) is 46.0 Å². The Balaban J connectivity index is 2.68. The molecule has 0 radical (unpaired) electrons. The number of fused-ring (bicyclic) bond motifs is 3. The van der Waals surface area contributed by atoms with E-state index in [0.717, 1.165) is 36.4 Å². The number of benzene rings is 2. The van der Waals surface area contributed by atoms with Crippen LogP contribution in [0.25, 0.3) is 21.5 Å². The summed E-state index contributed by atoms with van der Waals surface area (Å²) in [6, 6.07) is 6.54. The van der Waals surface area contributed by atoms with E-state index < -0.39 is 34.0 Å². The highest BCUT2D eigenvalue weighted by Crippen LogP contribution is 2.22. The fraction of sp³-hybridized carbons (Fsp3) is 0. The number of hydrogen-bond acceptors (Lipinski definition) is 7. The average Bonchev–Trinajstić information content (AvgIpc) is 2.70. The smallest absolute Gasteiger partial charge is 0.335 e. The first-order chi connectivity index (χ1) is 12.7. The Labute approximate surface area is 150 Å². The number of rotatable bonds is 4. The molecule has 1 heterocycles. The predicted octanol–water partition coefficient (Wildman–Crippen LogP) is -0.134. The van der Waals surface area contributed by atoms with Gasteiger partial charge in [0.15, 0.2) is 0 Å². The molecule has 0 amide bonds. The number of carboxylic acid groups (broad SMARTS) is 2. The highest BCUT2D eigenvalue weighted by atomic mass is 32.2. The van der Waals surface area contributed by atoms with Crippen molar-refractivity contribution in [1.29, 1.82) is 0 Å². The maximum absolute atomic E-state index is 12.6. The largest absolute Gasteiger partial charge is 0.478 e. The second-order valence-electron chi connectivity index (χ2n) is 5.34. The molecule has 0 fully saturated rings. The molecule has 138 valence electrons. The predicted molar refractivity (Wildman–Crippen MR) is 92.8 cm³/mol. The van der Waals surface area contributed by atoms with Crippen molar-refractivity contribution < 1.29 is 32.5 Å². The third kappa shape index (κ3) is 3.11. The Hall–Kier alpha value is -3.73. The third-order valence-corrected chi connectivity index (χ3v) is 4.10. The van der Waals surface area contributed by atoms with E-state index in [-0.39, 0.29) is 37.4 Å². The summed E-state index contributed by atoms with van der Waals surface area (Å²) in [6.45, 7) is 0. The van der Waals surface area contributed by atoms with Crippen molar-refractivity contribution in [2.24, 2.45) is 0 Å². The van der Waals surface area contributed by atoms with Crippen LogP contribution in [0.2, 0.25) is 0 Å². The van der Waals surface area contributed by atoms with Crippen LogP contribution in [-0.2, 0) is 11.0 Å². The van der Waals surface area contributed by atoms with Gasteiger partial charge in [0.05, 0.1) is 21.9 Å². The van der Waals surface area contributed by atoms with Gasteiger partial charge in [0.25, 0.3) is 11.1 Å². The number of hydrogen-bond donors (Lipinski definition) is 3. The molecule has 2 aromatic carbocycles. The Morgan fingerprint density at radius 2 is 1.19 bits per heavy atom. The molecule has 11 heteroatoms. The normalized spacial score (nSPS) is 11.0. The number of aromatic carboxylic acids is 2. The number of aromatic nitrogens is 1. The maximum atomic E-state index is 12.6. The summed E-state index contributed by atoms with van der Waals surface area (Å²) in [7, 11) is -3.60. The zero-order valence-corrected chi connectivity index (χ0v) is 14.0. The molecular formula is C16H9NO9S. The van der Waals surface area contributed by atoms with E-state index in [9.17, 15) is 37.8 Å². The van der Waals surface area contributed by atoms with Gasteiger partial charge < -0.3 is 10.2 Å². The van der Waals surface area contributed by atoms with Gasteiger partial charge in [-0.2, -0.15) is 8.42 Å². The van der Waals surface area contributed by atoms with Crippen LogP contribution in [0.4, 0.5) is 0 Å². The van der Waals surface area contributed by atoms with Gasteiger partial charge in [0, 0.05) is 0 Å². The van der Waals surface area contributed by atoms with E-state index in [1.807, 2.05) is 0 Å². The Morgan fingerprint density at radius 3 is 1.52 bits per heavy atom. The van der Waals surface area contributed by atoms with Crippen LogP contribution in [0.3, 0.4) is 0 Å². The lowest BCUT2D eigenvalue weighted by Crippen LogP contribution is -2.35. The van der Waals surface area contributed by atoms with Crippen LogP contribution in [0.1, 0.15) is 20.7 Å². The average molecular weight is 391 g/mol. The summed E-state index contributed by atoms with van der Waals surface area (Å²) < 4.78 is 26.1. The van der Waals surface area contributed by atoms with Crippen molar-refractivity contribution in [3.05, 3.63) is 68.2 Å². The number of nitrogens with zero attached hydrogens (tertiary/aromatic N) is 1. The maximum Gasteiger partial charge on any atom is 0.335 e. The lowest BCUT2D eigenvalue weighted by atomic mass is 10.0. The minimum Gasteiger partial charge on any atom is -0.478 e. The second-order valence-corrected chi connectivity index (χ2v) is 5.95. The first kappa shape index (κ1) is 18.1. The van der Waals surface area contributed by atoms with Crippen molar-refractivity contribution in [3.63, 3.8) is 0 Å². The van der Waals surface area contributed by atoms with E-state index in [1.165, 1.54) is 0 Å². The van der Waals surface area contributed by atoms with Gasteiger partial charge in [0.1, 0.15) is 0 Å². The summed E-state index contributed by atoms with van der Waals surface area (Å²) in [5, 5.41) is 17.8. The van der Waals surface area contributed by atoms with E-state index in [1.54, 1.807) is 0 Å². The molecule has 0 atom stereocenters. The van der Waals surface area contributed by atoms with Crippen LogP contribution in [0.5, 0.6) is 0 Å². The SMILES string of the molecule is O=C(O)c1ccc2c(=O)n(O[SH](=O)=O)c(=O)c3ccc(C(=O)O)cc3c2c1. The highest BCUT2D eigenvalue weighted by molar-refractivity contribution is 7.67. The monoisotopic (exact) mass is 391 g/mol.